The molecule has 1 aliphatic heterocycles. The van der Waals surface area contributed by atoms with E-state index in [4.69, 9.17) is 13.9 Å². The summed E-state index contributed by atoms with van der Waals surface area (Å²) in [5.74, 6) is -0.866. The van der Waals surface area contributed by atoms with E-state index in [9.17, 15) is 24.9 Å². The van der Waals surface area contributed by atoms with Gasteiger partial charge in [0.15, 0.2) is 5.78 Å². The highest BCUT2D eigenvalue weighted by Gasteiger charge is 2.84. The summed E-state index contributed by atoms with van der Waals surface area (Å²) in [5.41, 5.74) is -5.55. The Morgan fingerprint density at radius 2 is 2.10 bits per heavy atom. The predicted octanol–water partition coefficient (Wildman–Crippen LogP) is 1.00. The molecule has 3 aliphatic rings. The van der Waals surface area contributed by atoms with Crippen molar-refractivity contribution in [3.63, 3.8) is 0 Å². The van der Waals surface area contributed by atoms with E-state index in [0.717, 1.165) is 5.76 Å². The fraction of sp³-hybridized carbons (Fsp3) is 0.727. The van der Waals surface area contributed by atoms with Crippen LogP contribution < -0.4 is 0 Å². The minimum atomic E-state index is -1.91. The topological polar surface area (TPSA) is 126 Å². The third-order valence-corrected chi connectivity index (χ3v) is 8.37. The second kappa shape index (κ2) is 6.88. The van der Waals surface area contributed by atoms with E-state index in [0.29, 0.717) is 19.3 Å². The number of rotatable bonds is 5. The number of hydrogen-bond acceptors (Lipinski definition) is 8. The first-order valence-corrected chi connectivity index (χ1v) is 10.5. The van der Waals surface area contributed by atoms with Crippen LogP contribution in [0.15, 0.2) is 22.8 Å². The molecule has 1 saturated heterocycles. The maximum absolute atomic E-state index is 13.3. The molecule has 4 rings (SSSR count). The highest BCUT2D eigenvalue weighted by molar-refractivity contribution is 5.89. The number of Topliss-reactive ketones (excluding diaryl/α,β-unsaturated/α-hetero) is 1. The van der Waals surface area contributed by atoms with Crippen molar-refractivity contribution < 1.29 is 38.8 Å². The van der Waals surface area contributed by atoms with Crippen LogP contribution in [0.3, 0.4) is 0 Å². The zero-order chi connectivity index (χ0) is 21.9. The van der Waals surface area contributed by atoms with Crippen LogP contribution in [0.1, 0.15) is 45.8 Å². The molecule has 0 radical (unpaired) electrons. The summed E-state index contributed by atoms with van der Waals surface area (Å²) in [6.07, 6.45) is 0.340. The van der Waals surface area contributed by atoms with E-state index >= 15 is 0 Å². The molecule has 0 amide bonds. The van der Waals surface area contributed by atoms with Crippen molar-refractivity contribution in [3.05, 3.63) is 24.2 Å². The first-order valence-electron chi connectivity index (χ1n) is 10.5. The fourth-order valence-corrected chi connectivity index (χ4v) is 6.46. The molecule has 0 aromatic carbocycles. The summed E-state index contributed by atoms with van der Waals surface area (Å²) < 4.78 is 17.1. The molecule has 1 aromatic heterocycles. The molecule has 0 spiro atoms. The number of furan rings is 1. The van der Waals surface area contributed by atoms with E-state index in [1.165, 1.54) is 6.92 Å². The minimum Gasteiger partial charge on any atom is -0.469 e. The van der Waals surface area contributed by atoms with Crippen LogP contribution in [0, 0.1) is 16.7 Å². The van der Waals surface area contributed by atoms with Gasteiger partial charge >= 0.3 is 5.97 Å². The number of aliphatic hydroxyl groups is 3. The molecule has 2 aliphatic carbocycles. The van der Waals surface area contributed by atoms with Crippen molar-refractivity contribution in [2.75, 3.05) is 13.2 Å². The van der Waals surface area contributed by atoms with Gasteiger partial charge in [-0.15, -0.1) is 0 Å². The minimum absolute atomic E-state index is 0.247. The molecule has 1 aromatic rings. The third kappa shape index (κ3) is 2.42. The summed E-state index contributed by atoms with van der Waals surface area (Å²) in [4.78, 5) is 25.0. The van der Waals surface area contributed by atoms with E-state index in [1.54, 1.807) is 19.3 Å². The lowest BCUT2D eigenvalue weighted by molar-refractivity contribution is -0.289. The Labute approximate surface area is 175 Å². The second-order valence-electron chi connectivity index (χ2n) is 9.37. The van der Waals surface area contributed by atoms with Gasteiger partial charge in [0.25, 0.3) is 0 Å². The number of aryl methyl sites for hydroxylation is 1. The lowest BCUT2D eigenvalue weighted by Gasteiger charge is -2.66. The molecule has 2 saturated carbocycles. The van der Waals surface area contributed by atoms with Crippen molar-refractivity contribution in [2.24, 2.45) is 16.7 Å². The SMILES string of the molecule is CC(=O)OC[C@@]12[C@@H](O)C(=O)[C@@H](C)[C@](C)(CCc3ccco3)[C@@]13CC[C@H](O)[C@]2(O)CO3. The quantitative estimate of drug-likeness (QED) is 0.600. The first-order chi connectivity index (χ1) is 14.1. The maximum Gasteiger partial charge on any atom is 0.302 e. The molecule has 166 valence electrons. The van der Waals surface area contributed by atoms with E-state index in [1.807, 2.05) is 13.0 Å². The van der Waals surface area contributed by atoms with Crippen LogP contribution in [-0.2, 0) is 25.5 Å². The van der Waals surface area contributed by atoms with Crippen molar-refractivity contribution in [1.29, 1.82) is 0 Å². The lowest BCUT2D eigenvalue weighted by Crippen LogP contribution is -2.80. The largest absolute Gasteiger partial charge is 0.469 e. The molecular weight excluding hydrogens is 392 g/mol. The molecule has 3 fully saturated rings. The van der Waals surface area contributed by atoms with Gasteiger partial charge in [0, 0.05) is 24.7 Å². The Morgan fingerprint density at radius 3 is 2.73 bits per heavy atom. The summed E-state index contributed by atoms with van der Waals surface area (Å²) in [5, 5.41) is 33.6. The summed E-state index contributed by atoms with van der Waals surface area (Å²) in [7, 11) is 0. The van der Waals surface area contributed by atoms with Crippen LogP contribution in [0.4, 0.5) is 0 Å². The van der Waals surface area contributed by atoms with Crippen LogP contribution in [0.5, 0.6) is 0 Å². The third-order valence-electron chi connectivity index (χ3n) is 8.37. The van der Waals surface area contributed by atoms with Gasteiger partial charge < -0.3 is 29.2 Å². The predicted molar refractivity (Wildman–Crippen MR) is 103 cm³/mol. The number of ether oxygens (including phenoxy) is 2. The molecule has 0 unspecified atom stereocenters. The van der Waals surface area contributed by atoms with E-state index in [2.05, 4.69) is 0 Å². The second-order valence-corrected chi connectivity index (χ2v) is 9.37. The van der Waals surface area contributed by atoms with Gasteiger partial charge in [0.05, 0.1) is 24.6 Å². The van der Waals surface area contributed by atoms with Crippen LogP contribution in [-0.4, -0.2) is 63.7 Å². The summed E-state index contributed by atoms with van der Waals surface area (Å²) >= 11 is 0. The summed E-state index contributed by atoms with van der Waals surface area (Å²) in [6.45, 7) is 4.26. The Kier molecular flexibility index (Phi) is 4.93. The van der Waals surface area contributed by atoms with Crippen LogP contribution in [0.2, 0.25) is 0 Å². The molecule has 8 nitrogen and oxygen atoms in total. The zero-order valence-corrected chi connectivity index (χ0v) is 17.6. The monoisotopic (exact) mass is 422 g/mol. The van der Waals surface area contributed by atoms with Gasteiger partial charge in [0.1, 0.15) is 29.5 Å². The number of esters is 1. The zero-order valence-electron chi connectivity index (χ0n) is 17.6. The van der Waals surface area contributed by atoms with Crippen molar-refractivity contribution in [2.45, 2.75) is 69.9 Å². The average molecular weight is 422 g/mol. The van der Waals surface area contributed by atoms with Crippen LogP contribution in [0.25, 0.3) is 0 Å². The van der Waals surface area contributed by atoms with E-state index in [-0.39, 0.29) is 13.0 Å². The van der Waals surface area contributed by atoms with Crippen molar-refractivity contribution in [1.82, 2.24) is 0 Å². The van der Waals surface area contributed by atoms with Gasteiger partial charge in [0.2, 0.25) is 0 Å². The highest BCUT2D eigenvalue weighted by atomic mass is 16.6. The van der Waals surface area contributed by atoms with Crippen molar-refractivity contribution in [3.8, 4) is 0 Å². The number of ketones is 1. The first kappa shape index (κ1) is 21.5. The standard InChI is InChI=1S/C22H30O8/c1-13-17(25)18(26)20(11-29-14(2)23)21(27)12-30-22(20,9-7-16(21)24)19(13,3)8-6-15-5-4-10-28-15/h4-5,10,13,16,18,24,26-27H,6-9,11-12H2,1-3H3/t13-,16+,18+,19+,20+,21-,22+/m1/s1. The number of hydrogen-bond donors (Lipinski definition) is 3. The van der Waals surface area contributed by atoms with Gasteiger partial charge in [-0.1, -0.05) is 13.8 Å². The molecule has 3 N–H and O–H groups in total. The number of aliphatic hydroxyl groups excluding tert-OH is 2. The van der Waals surface area contributed by atoms with Crippen molar-refractivity contribution >= 4 is 11.8 Å². The van der Waals surface area contributed by atoms with Gasteiger partial charge in [-0.3, -0.25) is 9.59 Å². The summed E-state index contributed by atoms with van der Waals surface area (Å²) in [6, 6.07) is 3.65. The Morgan fingerprint density at radius 1 is 1.37 bits per heavy atom. The van der Waals surface area contributed by atoms with Gasteiger partial charge in [-0.25, -0.2) is 0 Å². The maximum atomic E-state index is 13.3. The molecule has 8 heteroatoms. The Hall–Kier alpha value is -1.74. The number of carbonyl (C=O) groups is 2. The average Bonchev–Trinajstić information content (AvgIpc) is 3.29. The molecular formula is C22H30O8. The molecule has 2 bridgehead atoms. The normalized spacial score (nSPS) is 45.3. The fourth-order valence-electron chi connectivity index (χ4n) is 6.46. The van der Waals surface area contributed by atoms with E-state index < -0.39 is 58.5 Å². The Balaban J connectivity index is 1.87. The van der Waals surface area contributed by atoms with Gasteiger partial charge in [-0.05, 0) is 31.4 Å². The molecule has 2 heterocycles. The smallest absolute Gasteiger partial charge is 0.302 e. The molecule has 30 heavy (non-hydrogen) atoms. The Bertz CT molecular complexity index is 832. The lowest BCUT2D eigenvalue weighted by atomic mass is 9.40. The van der Waals surface area contributed by atoms with Crippen LogP contribution >= 0.6 is 0 Å². The van der Waals surface area contributed by atoms with Gasteiger partial charge in [-0.2, -0.15) is 0 Å². The molecule has 7 atom stereocenters. The number of carbonyl (C=O) groups excluding carboxylic acids is 2. The highest BCUT2D eigenvalue weighted by Crippen LogP contribution is 2.70.